The van der Waals surface area contributed by atoms with Gasteiger partial charge in [-0.3, -0.25) is 4.79 Å². The van der Waals surface area contributed by atoms with Crippen LogP contribution >= 0.6 is 0 Å². The van der Waals surface area contributed by atoms with Gasteiger partial charge in [0.25, 0.3) is 0 Å². The minimum Gasteiger partial charge on any atom is -0.480 e. The second-order valence-corrected chi connectivity index (χ2v) is 2.91. The van der Waals surface area contributed by atoms with Crippen molar-refractivity contribution in [2.24, 2.45) is 11.5 Å². The van der Waals surface area contributed by atoms with Crippen LogP contribution in [0.2, 0.25) is 0 Å². The van der Waals surface area contributed by atoms with Gasteiger partial charge in [-0.25, -0.2) is 4.79 Å². The second kappa shape index (κ2) is 6.17. The summed E-state index contributed by atoms with van der Waals surface area (Å²) in [4.78, 5) is 20.5. The molecule has 0 heterocycles. The van der Waals surface area contributed by atoms with Crippen LogP contribution in [0.5, 0.6) is 0 Å². The van der Waals surface area contributed by atoms with Crippen LogP contribution in [0, 0.1) is 0 Å². The lowest BCUT2D eigenvalue weighted by atomic mass is 10.1. The zero-order valence-electron chi connectivity index (χ0n) is 7.64. The third kappa shape index (κ3) is 6.21. The Morgan fingerprint density at radius 1 is 1.43 bits per heavy atom. The van der Waals surface area contributed by atoms with E-state index in [1.165, 1.54) is 0 Å². The third-order valence-corrected chi connectivity index (χ3v) is 1.62. The van der Waals surface area contributed by atoms with Crippen molar-refractivity contribution in [2.75, 3.05) is 6.54 Å². The number of carboxylic acids is 1. The molecule has 0 aliphatic rings. The van der Waals surface area contributed by atoms with Gasteiger partial charge < -0.3 is 27.0 Å². The molecule has 0 fully saturated rings. The minimum atomic E-state index is -1.16. The molecule has 0 aromatic heterocycles. The Kier molecular flexibility index (Phi) is 5.58. The molecular weight excluding hydrogens is 190 g/mol. The van der Waals surface area contributed by atoms with Gasteiger partial charge in [0, 0.05) is 6.54 Å². The first kappa shape index (κ1) is 12.7. The molecule has 0 saturated carbocycles. The van der Waals surface area contributed by atoms with Gasteiger partial charge in [0.2, 0.25) is 0 Å². The van der Waals surface area contributed by atoms with E-state index >= 15 is 0 Å². The van der Waals surface area contributed by atoms with Gasteiger partial charge in [-0.05, 0) is 12.8 Å². The minimum absolute atomic E-state index is 0.0459. The molecule has 0 saturated heterocycles. The van der Waals surface area contributed by atoms with Crippen molar-refractivity contribution >= 4 is 12.0 Å². The molecule has 1 unspecified atom stereocenters. The maximum Gasteiger partial charge on any atom is 0.320 e. The van der Waals surface area contributed by atoms with E-state index < -0.39 is 24.1 Å². The summed E-state index contributed by atoms with van der Waals surface area (Å²) < 4.78 is 0. The van der Waals surface area contributed by atoms with Crippen molar-refractivity contribution in [3.05, 3.63) is 0 Å². The van der Waals surface area contributed by atoms with Crippen LogP contribution in [0.1, 0.15) is 12.8 Å². The van der Waals surface area contributed by atoms with Gasteiger partial charge >= 0.3 is 12.0 Å². The fraction of sp³-hybridized carbons (Fsp3) is 0.714. The number of rotatable bonds is 6. The van der Waals surface area contributed by atoms with Crippen molar-refractivity contribution in [3.63, 3.8) is 0 Å². The predicted molar refractivity (Wildman–Crippen MR) is 48.4 cm³/mol. The highest BCUT2D eigenvalue weighted by Gasteiger charge is 2.16. The molecule has 0 aliphatic heterocycles. The topological polar surface area (TPSA) is 139 Å². The van der Waals surface area contributed by atoms with Crippen molar-refractivity contribution in [2.45, 2.75) is 25.0 Å². The number of carboxylic acid groups (broad SMARTS) is 1. The molecule has 0 aromatic rings. The van der Waals surface area contributed by atoms with Crippen LogP contribution in [0.4, 0.5) is 4.79 Å². The molecule has 0 aliphatic carbocycles. The SMILES string of the molecule is NC(=O)NCCC(O)C[C@H](N)C(=O)O. The van der Waals surface area contributed by atoms with Crippen LogP contribution in [0.3, 0.4) is 0 Å². The van der Waals surface area contributed by atoms with Crippen LogP contribution in [-0.4, -0.2) is 40.9 Å². The summed E-state index contributed by atoms with van der Waals surface area (Å²) >= 11 is 0. The number of nitrogens with two attached hydrogens (primary N) is 2. The number of hydrogen-bond donors (Lipinski definition) is 5. The molecular formula is C7H15N3O4. The monoisotopic (exact) mass is 205 g/mol. The zero-order valence-corrected chi connectivity index (χ0v) is 7.64. The summed E-state index contributed by atoms with van der Waals surface area (Å²) in [5, 5.41) is 19.9. The van der Waals surface area contributed by atoms with Crippen molar-refractivity contribution in [1.82, 2.24) is 5.32 Å². The first-order chi connectivity index (χ1) is 6.43. The van der Waals surface area contributed by atoms with Crippen LogP contribution < -0.4 is 16.8 Å². The quantitative estimate of drug-likeness (QED) is 0.348. The summed E-state index contributed by atoms with van der Waals surface area (Å²) in [7, 11) is 0. The molecule has 0 rings (SSSR count). The van der Waals surface area contributed by atoms with Crippen LogP contribution in [-0.2, 0) is 4.79 Å². The maximum absolute atomic E-state index is 10.3. The van der Waals surface area contributed by atoms with Gasteiger partial charge in [-0.15, -0.1) is 0 Å². The van der Waals surface area contributed by atoms with E-state index in [1.54, 1.807) is 0 Å². The molecule has 7 heteroatoms. The molecule has 2 amide bonds. The number of primary amides is 1. The molecule has 0 aromatic carbocycles. The van der Waals surface area contributed by atoms with Crippen molar-refractivity contribution in [1.29, 1.82) is 0 Å². The third-order valence-electron chi connectivity index (χ3n) is 1.62. The highest BCUT2D eigenvalue weighted by Crippen LogP contribution is 2.00. The van der Waals surface area contributed by atoms with E-state index in [0.29, 0.717) is 0 Å². The number of carbonyl (C=O) groups is 2. The maximum atomic E-state index is 10.3. The summed E-state index contributed by atoms with van der Waals surface area (Å²) in [6.45, 7) is 0.197. The summed E-state index contributed by atoms with van der Waals surface area (Å²) in [5.74, 6) is -1.16. The van der Waals surface area contributed by atoms with Crippen LogP contribution in [0.15, 0.2) is 0 Å². The summed E-state index contributed by atoms with van der Waals surface area (Å²) in [5.41, 5.74) is 9.96. The van der Waals surface area contributed by atoms with E-state index in [1.807, 2.05) is 0 Å². The Balaban J connectivity index is 3.59. The number of amides is 2. The average Bonchev–Trinajstić information content (AvgIpc) is 2.02. The fourth-order valence-electron chi connectivity index (χ4n) is 0.874. The summed E-state index contributed by atoms with van der Waals surface area (Å²) in [6, 6.07) is -1.77. The number of urea groups is 1. The number of aliphatic hydroxyl groups is 1. The first-order valence-electron chi connectivity index (χ1n) is 4.13. The normalized spacial score (nSPS) is 14.4. The molecule has 7 N–H and O–H groups in total. The van der Waals surface area contributed by atoms with E-state index in [4.69, 9.17) is 16.6 Å². The average molecular weight is 205 g/mol. The van der Waals surface area contributed by atoms with E-state index in [2.05, 4.69) is 5.32 Å². The van der Waals surface area contributed by atoms with Gasteiger partial charge in [-0.1, -0.05) is 0 Å². The highest BCUT2D eigenvalue weighted by atomic mass is 16.4. The molecule has 0 radical (unpaired) electrons. The smallest absolute Gasteiger partial charge is 0.320 e. The highest BCUT2D eigenvalue weighted by molar-refractivity contribution is 5.73. The molecule has 0 spiro atoms. The first-order valence-corrected chi connectivity index (χ1v) is 4.13. The van der Waals surface area contributed by atoms with E-state index in [0.717, 1.165) is 0 Å². The largest absolute Gasteiger partial charge is 0.480 e. The van der Waals surface area contributed by atoms with Gasteiger partial charge in [-0.2, -0.15) is 0 Å². The van der Waals surface area contributed by atoms with Gasteiger partial charge in [0.1, 0.15) is 6.04 Å². The Hall–Kier alpha value is -1.34. The molecule has 2 atom stereocenters. The standard InChI is InChI=1S/C7H15N3O4/c8-5(6(12)13)3-4(11)1-2-10-7(9)14/h4-5,11H,1-3,8H2,(H,12,13)(H3,9,10,14)/t4?,5-/m0/s1. The zero-order chi connectivity index (χ0) is 11.1. The Bertz CT molecular complexity index is 209. The molecule has 14 heavy (non-hydrogen) atoms. The lowest BCUT2D eigenvalue weighted by Crippen LogP contribution is -2.36. The number of aliphatic hydroxyl groups excluding tert-OH is 1. The van der Waals surface area contributed by atoms with E-state index in [-0.39, 0.29) is 19.4 Å². The van der Waals surface area contributed by atoms with Crippen LogP contribution in [0.25, 0.3) is 0 Å². The second-order valence-electron chi connectivity index (χ2n) is 2.91. The molecule has 7 nitrogen and oxygen atoms in total. The van der Waals surface area contributed by atoms with Gasteiger partial charge in [0.15, 0.2) is 0 Å². The fourth-order valence-corrected chi connectivity index (χ4v) is 0.874. The van der Waals surface area contributed by atoms with Crippen molar-refractivity contribution in [3.8, 4) is 0 Å². The number of nitrogens with one attached hydrogen (secondary N) is 1. The lowest BCUT2D eigenvalue weighted by molar-refractivity contribution is -0.139. The van der Waals surface area contributed by atoms with Gasteiger partial charge in [0.05, 0.1) is 6.10 Å². The molecule has 82 valence electrons. The number of hydrogen-bond acceptors (Lipinski definition) is 4. The number of carbonyl (C=O) groups excluding carboxylic acids is 1. The Morgan fingerprint density at radius 2 is 2.00 bits per heavy atom. The molecule has 0 bridgehead atoms. The predicted octanol–water partition coefficient (Wildman–Crippen LogP) is -1.79. The number of aliphatic carboxylic acids is 1. The van der Waals surface area contributed by atoms with E-state index in [9.17, 15) is 14.7 Å². The van der Waals surface area contributed by atoms with Crippen molar-refractivity contribution < 1.29 is 19.8 Å². The Labute approximate surface area is 81.1 Å². The summed E-state index contributed by atoms with van der Waals surface area (Å²) in [6.07, 6.45) is -0.673. The lowest BCUT2D eigenvalue weighted by Gasteiger charge is -2.12. The Morgan fingerprint density at radius 3 is 2.43 bits per heavy atom.